The molecule has 0 spiro atoms. The molecule has 3 aliphatic rings. The fourth-order valence-electron chi connectivity index (χ4n) is 4.52. The lowest BCUT2D eigenvalue weighted by molar-refractivity contribution is -0.119. The first-order chi connectivity index (χ1) is 13.7. The Hall–Kier alpha value is -2.22. The Morgan fingerprint density at radius 2 is 1.96 bits per heavy atom. The maximum atomic E-state index is 12.5. The smallest absolute Gasteiger partial charge is 0.247 e. The van der Waals surface area contributed by atoms with E-state index in [4.69, 9.17) is 4.98 Å². The van der Waals surface area contributed by atoms with Gasteiger partial charge in [0.2, 0.25) is 5.91 Å². The topological polar surface area (TPSA) is 69.3 Å². The van der Waals surface area contributed by atoms with Crippen LogP contribution in [0, 0.1) is 12.8 Å². The molecular formula is C21H25N5OS. The number of nitrogens with zero attached hydrogens (tertiary/aromatic N) is 2. The zero-order chi connectivity index (χ0) is 19.1. The standard InChI is InChI=1S/C21H25N5OS/c1-13-19(28-21(24-13)15-5-3-2-4-6-15)16-12-23-26-17(11-18(27)25-20(16)26)14-7-9-22-10-8-14/h2-6,11,14,16,20,22-23H,7-10,12H2,1H3,(H,25,27). The van der Waals surface area contributed by atoms with Gasteiger partial charge in [-0.15, -0.1) is 11.3 Å². The summed E-state index contributed by atoms with van der Waals surface area (Å²) >= 11 is 1.75. The Morgan fingerprint density at radius 3 is 2.75 bits per heavy atom. The normalized spacial score (nSPS) is 25.4. The minimum Gasteiger partial charge on any atom is -0.330 e. The summed E-state index contributed by atoms with van der Waals surface area (Å²) < 4.78 is 0. The molecule has 1 amide bonds. The second kappa shape index (κ2) is 7.31. The Kier molecular flexibility index (Phi) is 4.66. The molecule has 2 atom stereocenters. The second-order valence-electron chi connectivity index (χ2n) is 7.72. The summed E-state index contributed by atoms with van der Waals surface area (Å²) in [5.41, 5.74) is 6.91. The van der Waals surface area contributed by atoms with Crippen molar-refractivity contribution in [1.82, 2.24) is 26.1 Å². The number of hydrogen-bond donors (Lipinski definition) is 3. The highest BCUT2D eigenvalue weighted by atomic mass is 32.1. The van der Waals surface area contributed by atoms with Crippen molar-refractivity contribution in [3.63, 3.8) is 0 Å². The Bertz CT molecular complexity index is 903. The zero-order valence-electron chi connectivity index (χ0n) is 15.9. The van der Waals surface area contributed by atoms with E-state index >= 15 is 0 Å². The van der Waals surface area contributed by atoms with Crippen molar-refractivity contribution >= 4 is 17.2 Å². The van der Waals surface area contributed by atoms with Crippen LogP contribution in [0.3, 0.4) is 0 Å². The third kappa shape index (κ3) is 3.13. The Labute approximate surface area is 169 Å². The number of aryl methyl sites for hydroxylation is 1. The molecule has 2 aromatic rings. The number of carbonyl (C=O) groups is 1. The monoisotopic (exact) mass is 395 g/mol. The van der Waals surface area contributed by atoms with E-state index < -0.39 is 0 Å². The second-order valence-corrected chi connectivity index (χ2v) is 8.75. The lowest BCUT2D eigenvalue weighted by Crippen LogP contribution is -2.53. The molecule has 2 unspecified atom stereocenters. The van der Waals surface area contributed by atoms with Gasteiger partial charge in [-0.05, 0) is 32.9 Å². The number of carbonyl (C=O) groups excluding carboxylic acids is 1. The SMILES string of the molecule is Cc1nc(-c2ccccc2)sc1C1CNN2C(C3CCNCC3)=CC(=O)NC12. The molecule has 2 saturated heterocycles. The maximum absolute atomic E-state index is 12.5. The highest BCUT2D eigenvalue weighted by Crippen LogP contribution is 2.39. The van der Waals surface area contributed by atoms with E-state index in [1.807, 2.05) is 18.2 Å². The molecule has 1 aromatic carbocycles. The van der Waals surface area contributed by atoms with Crippen molar-refractivity contribution in [2.75, 3.05) is 19.6 Å². The maximum Gasteiger partial charge on any atom is 0.247 e. The van der Waals surface area contributed by atoms with E-state index in [1.54, 1.807) is 17.4 Å². The van der Waals surface area contributed by atoms with Gasteiger partial charge in [0.25, 0.3) is 0 Å². The summed E-state index contributed by atoms with van der Waals surface area (Å²) in [6, 6.07) is 10.3. The molecule has 0 aliphatic carbocycles. The highest BCUT2D eigenvalue weighted by molar-refractivity contribution is 7.15. The molecular weight excluding hydrogens is 370 g/mol. The number of benzene rings is 1. The molecule has 5 rings (SSSR count). The van der Waals surface area contributed by atoms with Crippen LogP contribution in [0.1, 0.15) is 29.3 Å². The van der Waals surface area contributed by atoms with Gasteiger partial charge < -0.3 is 10.6 Å². The highest BCUT2D eigenvalue weighted by Gasteiger charge is 2.43. The fraction of sp³-hybridized carbons (Fsp3) is 0.429. The third-order valence-electron chi connectivity index (χ3n) is 5.94. The third-order valence-corrected chi connectivity index (χ3v) is 7.27. The minimum atomic E-state index is -0.0508. The van der Waals surface area contributed by atoms with Crippen LogP contribution in [0.4, 0.5) is 0 Å². The lowest BCUT2D eigenvalue weighted by atomic mass is 9.92. The van der Waals surface area contributed by atoms with Crippen molar-refractivity contribution in [1.29, 1.82) is 0 Å². The zero-order valence-corrected chi connectivity index (χ0v) is 16.8. The van der Waals surface area contributed by atoms with Crippen LogP contribution in [0.2, 0.25) is 0 Å². The quantitative estimate of drug-likeness (QED) is 0.744. The number of rotatable bonds is 3. The number of thiazole rings is 1. The lowest BCUT2D eigenvalue weighted by Gasteiger charge is -2.39. The predicted molar refractivity (Wildman–Crippen MR) is 110 cm³/mol. The molecule has 28 heavy (non-hydrogen) atoms. The largest absolute Gasteiger partial charge is 0.330 e. The van der Waals surface area contributed by atoms with Crippen LogP contribution < -0.4 is 16.1 Å². The van der Waals surface area contributed by atoms with E-state index in [9.17, 15) is 4.79 Å². The molecule has 0 bridgehead atoms. The molecule has 146 valence electrons. The van der Waals surface area contributed by atoms with Gasteiger partial charge in [0.15, 0.2) is 0 Å². The molecule has 3 N–H and O–H groups in total. The van der Waals surface area contributed by atoms with Gasteiger partial charge in [0, 0.05) is 40.6 Å². The van der Waals surface area contributed by atoms with E-state index in [0.717, 1.165) is 54.4 Å². The van der Waals surface area contributed by atoms with Gasteiger partial charge in [-0.2, -0.15) is 0 Å². The van der Waals surface area contributed by atoms with Gasteiger partial charge in [-0.1, -0.05) is 30.3 Å². The predicted octanol–water partition coefficient (Wildman–Crippen LogP) is 2.36. The Morgan fingerprint density at radius 1 is 1.18 bits per heavy atom. The van der Waals surface area contributed by atoms with E-state index in [2.05, 4.69) is 40.1 Å². The number of allylic oxidation sites excluding steroid dienone is 1. The molecule has 0 saturated carbocycles. The molecule has 3 aliphatic heterocycles. The van der Waals surface area contributed by atoms with Crippen molar-refractivity contribution in [2.24, 2.45) is 5.92 Å². The molecule has 1 aromatic heterocycles. The van der Waals surface area contributed by atoms with Gasteiger partial charge in [-0.25, -0.2) is 10.4 Å². The van der Waals surface area contributed by atoms with Gasteiger partial charge in [0.05, 0.1) is 5.69 Å². The van der Waals surface area contributed by atoms with Crippen LogP contribution in [0.5, 0.6) is 0 Å². The molecule has 6 nitrogen and oxygen atoms in total. The average molecular weight is 396 g/mol. The first kappa shape index (κ1) is 17.8. The van der Waals surface area contributed by atoms with Crippen molar-refractivity contribution in [3.05, 3.63) is 52.7 Å². The summed E-state index contributed by atoms with van der Waals surface area (Å²) in [5.74, 6) is 0.654. The van der Waals surface area contributed by atoms with Crippen molar-refractivity contribution in [2.45, 2.75) is 31.8 Å². The fourth-order valence-corrected chi connectivity index (χ4v) is 5.72. The summed E-state index contributed by atoms with van der Waals surface area (Å²) in [6.45, 7) is 4.92. The average Bonchev–Trinajstić information content (AvgIpc) is 3.32. The number of hydrogen-bond acceptors (Lipinski definition) is 6. The molecule has 4 heterocycles. The van der Waals surface area contributed by atoms with Gasteiger partial charge in [0.1, 0.15) is 11.2 Å². The number of hydrazine groups is 1. The minimum absolute atomic E-state index is 0.0222. The van der Waals surface area contributed by atoms with Crippen molar-refractivity contribution < 1.29 is 4.79 Å². The van der Waals surface area contributed by atoms with Crippen LogP contribution in [0.25, 0.3) is 10.6 Å². The van der Waals surface area contributed by atoms with Crippen molar-refractivity contribution in [3.8, 4) is 10.6 Å². The van der Waals surface area contributed by atoms with Gasteiger partial charge >= 0.3 is 0 Å². The number of piperidine rings is 1. The van der Waals surface area contributed by atoms with Crippen LogP contribution in [-0.2, 0) is 4.79 Å². The number of aromatic nitrogens is 1. The molecule has 0 radical (unpaired) electrons. The van der Waals surface area contributed by atoms with E-state index in [-0.39, 0.29) is 18.0 Å². The summed E-state index contributed by atoms with van der Waals surface area (Å²) in [7, 11) is 0. The first-order valence-corrected chi connectivity index (χ1v) is 10.8. The summed E-state index contributed by atoms with van der Waals surface area (Å²) in [5, 5.41) is 9.85. The number of amides is 1. The first-order valence-electron chi connectivity index (χ1n) is 9.99. The summed E-state index contributed by atoms with van der Waals surface area (Å²) in [6.07, 6.45) is 3.89. The van der Waals surface area contributed by atoms with Crippen LogP contribution >= 0.6 is 11.3 Å². The van der Waals surface area contributed by atoms with Gasteiger partial charge in [-0.3, -0.25) is 9.80 Å². The molecule has 2 fully saturated rings. The number of fused-ring (bicyclic) bond motifs is 1. The van der Waals surface area contributed by atoms with Crippen LogP contribution in [0.15, 0.2) is 42.1 Å². The Balaban J connectivity index is 1.43. The van der Waals surface area contributed by atoms with E-state index in [1.165, 1.54) is 4.88 Å². The molecule has 7 heteroatoms. The van der Waals surface area contributed by atoms with Crippen LogP contribution in [-0.4, -0.2) is 41.7 Å². The van der Waals surface area contributed by atoms with E-state index in [0.29, 0.717) is 5.92 Å². The summed E-state index contributed by atoms with van der Waals surface area (Å²) in [4.78, 5) is 18.6. The number of nitrogens with one attached hydrogen (secondary N) is 3.